The van der Waals surface area contributed by atoms with Gasteiger partial charge >= 0.3 is 0 Å². The van der Waals surface area contributed by atoms with Crippen molar-refractivity contribution in [1.29, 1.82) is 0 Å². The van der Waals surface area contributed by atoms with Crippen molar-refractivity contribution in [3.63, 3.8) is 0 Å². The molecule has 3 heteroatoms. The van der Waals surface area contributed by atoms with E-state index in [4.69, 9.17) is 4.74 Å². The van der Waals surface area contributed by atoms with Crippen LogP contribution in [0.2, 0.25) is 0 Å². The number of ether oxygens (including phenoxy) is 1. The molecular formula is C18H22BrNO. The summed E-state index contributed by atoms with van der Waals surface area (Å²) in [5.41, 5.74) is 2.46. The molecule has 2 rings (SSSR count). The average molecular weight is 348 g/mol. The van der Waals surface area contributed by atoms with Gasteiger partial charge in [0.1, 0.15) is 5.75 Å². The van der Waals surface area contributed by atoms with Gasteiger partial charge in [0.15, 0.2) is 0 Å². The Morgan fingerprint density at radius 1 is 1.05 bits per heavy atom. The minimum Gasteiger partial charge on any atom is -0.494 e. The minimum absolute atomic E-state index is 0.383. The first-order chi connectivity index (χ1) is 10.2. The van der Waals surface area contributed by atoms with E-state index in [2.05, 4.69) is 71.5 Å². The second-order valence-corrected chi connectivity index (χ2v) is 6.16. The summed E-state index contributed by atoms with van der Waals surface area (Å²) in [5, 5.41) is 3.52. The summed E-state index contributed by atoms with van der Waals surface area (Å²) >= 11 is 3.46. The monoisotopic (exact) mass is 347 g/mol. The molecule has 0 saturated heterocycles. The van der Waals surface area contributed by atoms with Crippen LogP contribution in [0.3, 0.4) is 0 Å². The number of rotatable bonds is 7. The van der Waals surface area contributed by atoms with Crippen LogP contribution in [0, 0.1) is 0 Å². The van der Waals surface area contributed by atoms with Crippen LogP contribution in [-0.2, 0) is 6.42 Å². The topological polar surface area (TPSA) is 21.3 Å². The van der Waals surface area contributed by atoms with Gasteiger partial charge in [0.05, 0.1) is 6.61 Å². The highest BCUT2D eigenvalue weighted by Crippen LogP contribution is 2.18. The first kappa shape index (κ1) is 15.9. The second kappa shape index (κ2) is 8.08. The third-order valence-electron chi connectivity index (χ3n) is 3.20. The highest BCUT2D eigenvalue weighted by atomic mass is 79.9. The molecule has 0 spiro atoms. The van der Waals surface area contributed by atoms with Crippen molar-refractivity contribution in [2.45, 2.75) is 32.7 Å². The molecule has 1 unspecified atom stereocenters. The van der Waals surface area contributed by atoms with Gasteiger partial charge in [0.25, 0.3) is 0 Å². The first-order valence-electron chi connectivity index (χ1n) is 7.41. The van der Waals surface area contributed by atoms with E-state index in [9.17, 15) is 0 Å². The van der Waals surface area contributed by atoms with Crippen molar-refractivity contribution in [2.24, 2.45) is 0 Å². The number of nitrogens with one attached hydrogen (secondary N) is 1. The third kappa shape index (κ3) is 5.43. The number of anilines is 1. The van der Waals surface area contributed by atoms with E-state index in [1.807, 2.05) is 12.1 Å². The van der Waals surface area contributed by atoms with Gasteiger partial charge in [-0.05, 0) is 61.7 Å². The fourth-order valence-corrected chi connectivity index (χ4v) is 2.44. The van der Waals surface area contributed by atoms with E-state index in [-0.39, 0.29) is 0 Å². The van der Waals surface area contributed by atoms with Crippen LogP contribution in [-0.4, -0.2) is 12.6 Å². The SMILES string of the molecule is CCCOc1ccc(NC(C)Cc2ccc(Br)cc2)cc1. The summed E-state index contributed by atoms with van der Waals surface area (Å²) in [4.78, 5) is 0. The fourth-order valence-electron chi connectivity index (χ4n) is 2.18. The van der Waals surface area contributed by atoms with Crippen molar-refractivity contribution in [3.8, 4) is 5.75 Å². The Balaban J connectivity index is 1.87. The van der Waals surface area contributed by atoms with Crippen LogP contribution in [0.4, 0.5) is 5.69 Å². The molecule has 0 aliphatic heterocycles. The smallest absolute Gasteiger partial charge is 0.119 e. The molecule has 2 nitrogen and oxygen atoms in total. The highest BCUT2D eigenvalue weighted by Gasteiger charge is 2.04. The molecule has 0 aliphatic carbocycles. The van der Waals surface area contributed by atoms with E-state index in [0.717, 1.165) is 35.4 Å². The average Bonchev–Trinajstić information content (AvgIpc) is 2.49. The number of benzene rings is 2. The maximum Gasteiger partial charge on any atom is 0.119 e. The molecule has 0 bridgehead atoms. The Morgan fingerprint density at radius 3 is 2.33 bits per heavy atom. The summed E-state index contributed by atoms with van der Waals surface area (Å²) in [6, 6.07) is 17.0. The molecule has 1 N–H and O–H groups in total. The zero-order valence-corrected chi connectivity index (χ0v) is 14.2. The molecule has 0 heterocycles. The van der Waals surface area contributed by atoms with E-state index >= 15 is 0 Å². The Bertz CT molecular complexity index is 536. The summed E-state index contributed by atoms with van der Waals surface area (Å²) in [7, 11) is 0. The number of hydrogen-bond donors (Lipinski definition) is 1. The van der Waals surface area contributed by atoms with E-state index in [0.29, 0.717) is 6.04 Å². The van der Waals surface area contributed by atoms with Crippen molar-refractivity contribution in [2.75, 3.05) is 11.9 Å². The lowest BCUT2D eigenvalue weighted by molar-refractivity contribution is 0.317. The van der Waals surface area contributed by atoms with Gasteiger partial charge in [0, 0.05) is 16.2 Å². The quantitative estimate of drug-likeness (QED) is 0.735. The van der Waals surface area contributed by atoms with Crippen LogP contribution in [0.1, 0.15) is 25.8 Å². The minimum atomic E-state index is 0.383. The molecule has 0 amide bonds. The lowest BCUT2D eigenvalue weighted by Crippen LogP contribution is -2.17. The van der Waals surface area contributed by atoms with Crippen LogP contribution >= 0.6 is 15.9 Å². The maximum absolute atomic E-state index is 5.59. The first-order valence-corrected chi connectivity index (χ1v) is 8.20. The highest BCUT2D eigenvalue weighted by molar-refractivity contribution is 9.10. The summed E-state index contributed by atoms with van der Waals surface area (Å²) in [6.07, 6.45) is 2.03. The second-order valence-electron chi connectivity index (χ2n) is 5.25. The molecule has 0 saturated carbocycles. The molecular weight excluding hydrogens is 326 g/mol. The standard InChI is InChI=1S/C18H22BrNO/c1-3-12-21-18-10-8-17(9-11-18)20-14(2)13-15-4-6-16(19)7-5-15/h4-11,14,20H,3,12-13H2,1-2H3. The van der Waals surface area contributed by atoms with Crippen LogP contribution < -0.4 is 10.1 Å². The summed E-state index contributed by atoms with van der Waals surface area (Å²) in [5.74, 6) is 0.933. The Hall–Kier alpha value is -1.48. The van der Waals surface area contributed by atoms with Crippen LogP contribution in [0.15, 0.2) is 53.0 Å². The lowest BCUT2D eigenvalue weighted by atomic mass is 10.1. The largest absolute Gasteiger partial charge is 0.494 e. The molecule has 2 aromatic carbocycles. The molecule has 112 valence electrons. The third-order valence-corrected chi connectivity index (χ3v) is 3.72. The lowest BCUT2D eigenvalue weighted by Gasteiger charge is -2.16. The fraction of sp³-hybridized carbons (Fsp3) is 0.333. The Labute approximate surface area is 135 Å². The molecule has 1 atom stereocenters. The summed E-state index contributed by atoms with van der Waals surface area (Å²) in [6.45, 7) is 5.08. The van der Waals surface area contributed by atoms with Gasteiger partial charge < -0.3 is 10.1 Å². The van der Waals surface area contributed by atoms with Crippen molar-refractivity contribution < 1.29 is 4.74 Å². The molecule has 0 aromatic heterocycles. The Kier molecular flexibility index (Phi) is 6.12. The summed E-state index contributed by atoms with van der Waals surface area (Å²) < 4.78 is 6.71. The van der Waals surface area contributed by atoms with E-state index in [1.54, 1.807) is 0 Å². The molecule has 2 aromatic rings. The number of hydrogen-bond acceptors (Lipinski definition) is 2. The van der Waals surface area contributed by atoms with E-state index in [1.165, 1.54) is 5.56 Å². The predicted octanol–water partition coefficient (Wildman–Crippen LogP) is 5.28. The molecule has 0 fully saturated rings. The van der Waals surface area contributed by atoms with Crippen molar-refractivity contribution in [1.82, 2.24) is 0 Å². The van der Waals surface area contributed by atoms with Gasteiger partial charge in [-0.25, -0.2) is 0 Å². The molecule has 0 radical (unpaired) electrons. The predicted molar refractivity (Wildman–Crippen MR) is 93.2 cm³/mol. The van der Waals surface area contributed by atoms with Crippen molar-refractivity contribution in [3.05, 3.63) is 58.6 Å². The van der Waals surface area contributed by atoms with Gasteiger partial charge in [-0.1, -0.05) is 35.0 Å². The molecule has 21 heavy (non-hydrogen) atoms. The van der Waals surface area contributed by atoms with Gasteiger partial charge in [-0.3, -0.25) is 0 Å². The normalized spacial score (nSPS) is 12.0. The number of halogens is 1. The zero-order valence-electron chi connectivity index (χ0n) is 12.6. The van der Waals surface area contributed by atoms with Crippen LogP contribution in [0.25, 0.3) is 0 Å². The van der Waals surface area contributed by atoms with Crippen molar-refractivity contribution >= 4 is 21.6 Å². The zero-order chi connectivity index (χ0) is 15.1. The van der Waals surface area contributed by atoms with Gasteiger partial charge in [-0.2, -0.15) is 0 Å². The maximum atomic E-state index is 5.59. The molecule has 0 aliphatic rings. The van der Waals surface area contributed by atoms with E-state index < -0.39 is 0 Å². The van der Waals surface area contributed by atoms with Gasteiger partial charge in [0.2, 0.25) is 0 Å². The Morgan fingerprint density at radius 2 is 1.71 bits per heavy atom. The van der Waals surface area contributed by atoms with Gasteiger partial charge in [-0.15, -0.1) is 0 Å². The van der Waals surface area contributed by atoms with Crippen LogP contribution in [0.5, 0.6) is 5.75 Å².